The van der Waals surface area contributed by atoms with Crippen molar-refractivity contribution in [3.05, 3.63) is 76.4 Å². The highest BCUT2D eigenvalue weighted by atomic mass is 16.6. The van der Waals surface area contributed by atoms with E-state index in [1.54, 1.807) is 48.5 Å². The highest BCUT2D eigenvalue weighted by Gasteiger charge is 2.30. The van der Waals surface area contributed by atoms with Gasteiger partial charge in [-0.3, -0.25) is 10.2 Å². The van der Waals surface area contributed by atoms with E-state index in [4.69, 9.17) is 30.1 Å². The molecule has 1 aromatic heterocycles. The van der Waals surface area contributed by atoms with E-state index in [1.807, 2.05) is 30.3 Å². The van der Waals surface area contributed by atoms with Gasteiger partial charge in [0.25, 0.3) is 0 Å². The molecule has 18 heteroatoms. The van der Waals surface area contributed by atoms with Crippen LogP contribution >= 0.6 is 0 Å². The van der Waals surface area contributed by atoms with Crippen molar-refractivity contribution >= 4 is 30.0 Å². The number of nitrogens with one attached hydrogen (secondary N) is 6. The number of alkyl carbamates (subject to hydrolysis) is 2. The van der Waals surface area contributed by atoms with Crippen LogP contribution in [0.15, 0.2) is 47.0 Å². The largest absolute Gasteiger partial charge is 0.508 e. The lowest BCUT2D eigenvalue weighted by Crippen LogP contribution is -2.53. The summed E-state index contributed by atoms with van der Waals surface area (Å²) in [5.41, 5.74) is 6.78. The summed E-state index contributed by atoms with van der Waals surface area (Å²) in [7, 11) is 0. The Balaban J connectivity index is 1.80. The van der Waals surface area contributed by atoms with Gasteiger partial charge in [-0.15, -0.1) is 0 Å². The van der Waals surface area contributed by atoms with Crippen molar-refractivity contribution in [2.24, 2.45) is 5.73 Å². The summed E-state index contributed by atoms with van der Waals surface area (Å²) in [4.78, 5) is 55.8. The zero-order valence-corrected chi connectivity index (χ0v) is 35.8. The first kappa shape index (κ1) is 48.5. The van der Waals surface area contributed by atoms with Crippen LogP contribution in [0.25, 0.3) is 0 Å². The van der Waals surface area contributed by atoms with Gasteiger partial charge in [-0.1, -0.05) is 35.5 Å². The zero-order chi connectivity index (χ0) is 44.5. The number of guanidine groups is 1. The Morgan fingerprint density at radius 3 is 2.18 bits per heavy atom. The van der Waals surface area contributed by atoms with Gasteiger partial charge in [0.05, 0.1) is 6.04 Å². The van der Waals surface area contributed by atoms with Gasteiger partial charge < -0.3 is 56.5 Å². The monoisotopic (exact) mass is 837 g/mol. The lowest BCUT2D eigenvalue weighted by molar-refractivity contribution is -0.142. The summed E-state index contributed by atoms with van der Waals surface area (Å²) >= 11 is 0. The number of ether oxygens (including phenoxy) is 2. The predicted octanol–water partition coefficient (Wildman–Crippen LogP) is 4.66. The number of carboxylic acid groups (broad SMARTS) is 1. The van der Waals surface area contributed by atoms with Gasteiger partial charge in [-0.2, -0.15) is 4.98 Å². The Labute approximate surface area is 351 Å². The molecule has 18 nitrogen and oxygen atoms in total. The van der Waals surface area contributed by atoms with E-state index in [1.165, 1.54) is 12.1 Å². The number of nitrogens with two attached hydrogens (primary N) is 1. The molecule has 3 atom stereocenters. The molecule has 3 amide bonds. The molecular formula is C42H63N9O9. The van der Waals surface area contributed by atoms with Crippen molar-refractivity contribution in [2.45, 2.75) is 136 Å². The van der Waals surface area contributed by atoms with Gasteiger partial charge >= 0.3 is 18.2 Å². The van der Waals surface area contributed by atoms with Crippen LogP contribution in [0.4, 0.5) is 9.59 Å². The van der Waals surface area contributed by atoms with E-state index in [2.05, 4.69) is 31.7 Å². The summed E-state index contributed by atoms with van der Waals surface area (Å²) in [5.74, 6) is -1.44. The molecule has 3 aromatic rings. The summed E-state index contributed by atoms with van der Waals surface area (Å²) in [6, 6.07) is 9.96. The maximum absolute atomic E-state index is 13.6. The number of carbonyl (C=O) groups excluding carboxylic acids is 3. The number of amides is 3. The molecule has 0 aliphatic carbocycles. The molecule has 0 fully saturated rings. The van der Waals surface area contributed by atoms with Crippen molar-refractivity contribution in [3.63, 3.8) is 0 Å². The summed E-state index contributed by atoms with van der Waals surface area (Å²) in [6.45, 7) is 12.9. The number of nitrogens with zero attached hydrogens (tertiary/aromatic N) is 2. The molecule has 10 N–H and O–H groups in total. The number of phenols is 1. The molecular weight excluding hydrogens is 775 g/mol. The lowest BCUT2D eigenvalue weighted by atomic mass is 9.94. The fourth-order valence-corrected chi connectivity index (χ4v) is 6.18. The second kappa shape index (κ2) is 23.0. The van der Waals surface area contributed by atoms with Gasteiger partial charge in [-0.05, 0) is 121 Å². The van der Waals surface area contributed by atoms with Gasteiger partial charge in [0.15, 0.2) is 11.8 Å². The molecule has 0 aliphatic heterocycles. The zero-order valence-electron chi connectivity index (χ0n) is 35.8. The van der Waals surface area contributed by atoms with Crippen LogP contribution in [-0.2, 0) is 44.9 Å². The topological polar surface area (TPSA) is 276 Å². The maximum Gasteiger partial charge on any atom is 0.408 e. The third-order valence-corrected chi connectivity index (χ3v) is 8.95. The van der Waals surface area contributed by atoms with Crippen molar-refractivity contribution in [1.82, 2.24) is 36.7 Å². The third-order valence-electron chi connectivity index (χ3n) is 8.95. The number of phenolic OH excluding ortho intramolecular Hbond substituents is 1. The second-order valence-corrected chi connectivity index (χ2v) is 16.6. The quantitative estimate of drug-likeness (QED) is 0.0378. The molecule has 0 bridgehead atoms. The molecule has 0 saturated carbocycles. The molecule has 330 valence electrons. The Kier molecular flexibility index (Phi) is 18.6. The van der Waals surface area contributed by atoms with E-state index >= 15 is 0 Å². The number of benzene rings is 2. The van der Waals surface area contributed by atoms with Crippen LogP contribution in [0.1, 0.15) is 114 Å². The van der Waals surface area contributed by atoms with E-state index in [-0.39, 0.29) is 37.6 Å². The standard InChI is InChI=1S/C42H63N9O9/c1-26-22-29(52)23-28(30(26)24-33(37(54)55)48-35(53)31(17-13-21-45-38(43)44)49-40(57)59-42(5,6)7)25-47-32(16-11-12-20-46-39(56)58-41(2,3)4)36-50-34(51-60-36)19-18-27-14-9-8-10-15-27/h8-10,14-15,22-23,31-33,47,52H,11-13,16-21,24-25H2,1-7H3,(H,46,56)(H,48,53)(H,49,57)(H,54,55)(H4,43,44,45)/t31-,32+,33+/m1/s1. The minimum Gasteiger partial charge on any atom is -0.508 e. The average molecular weight is 838 g/mol. The average Bonchev–Trinajstić information content (AvgIpc) is 3.61. The molecule has 60 heavy (non-hydrogen) atoms. The van der Waals surface area contributed by atoms with Crippen molar-refractivity contribution < 1.29 is 43.4 Å². The first-order valence-electron chi connectivity index (χ1n) is 20.2. The molecule has 0 saturated heterocycles. The van der Waals surface area contributed by atoms with Gasteiger partial charge in [0.2, 0.25) is 11.8 Å². The van der Waals surface area contributed by atoms with E-state index in [9.17, 15) is 29.4 Å². The SMILES string of the molecule is Cc1cc(O)cc(CN[C@@H](CCCCNC(=O)OC(C)(C)C)c2nc(CCc3ccccc3)no2)c1C[C@H](NC(=O)[C@@H](CCCNC(=N)N)NC(=O)OC(C)(C)C)C(=O)O. The molecule has 0 spiro atoms. The molecule has 2 aromatic carbocycles. The second-order valence-electron chi connectivity index (χ2n) is 16.6. The molecule has 0 aliphatic rings. The molecule has 3 rings (SSSR count). The first-order valence-corrected chi connectivity index (χ1v) is 20.2. The normalized spacial score (nSPS) is 13.1. The number of aliphatic carboxylic acids is 1. The number of carbonyl (C=O) groups is 4. The molecule has 0 radical (unpaired) electrons. The van der Waals surface area contributed by atoms with Crippen LogP contribution in [0.5, 0.6) is 5.75 Å². The Hall–Kier alpha value is -5.91. The fraction of sp³-hybridized carbons (Fsp3) is 0.548. The van der Waals surface area contributed by atoms with Crippen LogP contribution in [0, 0.1) is 12.3 Å². The van der Waals surface area contributed by atoms with Gasteiger partial charge in [0, 0.05) is 32.5 Å². The Morgan fingerprint density at radius 1 is 0.867 bits per heavy atom. The molecule has 1 heterocycles. The van der Waals surface area contributed by atoms with Crippen molar-refractivity contribution in [1.29, 1.82) is 5.41 Å². The van der Waals surface area contributed by atoms with Crippen LogP contribution in [0.2, 0.25) is 0 Å². The summed E-state index contributed by atoms with van der Waals surface area (Å²) in [6.07, 6.45) is 1.98. The third kappa shape index (κ3) is 18.3. The number of rotatable bonds is 22. The number of unbranched alkanes of at least 4 members (excludes halogenated alkanes) is 1. The van der Waals surface area contributed by atoms with Crippen LogP contribution < -0.4 is 32.3 Å². The maximum atomic E-state index is 13.6. The smallest absolute Gasteiger partial charge is 0.408 e. The number of aryl methyl sites for hydroxylation is 3. The van der Waals surface area contributed by atoms with Gasteiger partial charge in [-0.25, -0.2) is 14.4 Å². The number of aromatic nitrogens is 2. The Morgan fingerprint density at radius 2 is 1.53 bits per heavy atom. The van der Waals surface area contributed by atoms with Gasteiger partial charge in [0.1, 0.15) is 29.0 Å². The predicted molar refractivity (Wildman–Crippen MR) is 224 cm³/mol. The fourth-order valence-electron chi connectivity index (χ4n) is 6.18. The van der Waals surface area contributed by atoms with E-state index < -0.39 is 53.4 Å². The number of hydrogen-bond donors (Lipinski definition) is 9. The summed E-state index contributed by atoms with van der Waals surface area (Å²) in [5, 5.41) is 46.6. The van der Waals surface area contributed by atoms with E-state index in [0.717, 1.165) is 12.0 Å². The highest BCUT2D eigenvalue weighted by molar-refractivity contribution is 5.89. The van der Waals surface area contributed by atoms with E-state index in [0.29, 0.717) is 67.1 Å². The van der Waals surface area contributed by atoms with Crippen LogP contribution in [-0.4, -0.2) is 86.8 Å². The first-order chi connectivity index (χ1) is 28.2. The Bertz CT molecular complexity index is 1870. The van der Waals surface area contributed by atoms with Crippen LogP contribution in [0.3, 0.4) is 0 Å². The number of hydrogen-bond acceptors (Lipinski definition) is 12. The number of carboxylic acids is 1. The molecule has 0 unspecified atom stereocenters. The highest BCUT2D eigenvalue weighted by Crippen LogP contribution is 2.26. The lowest BCUT2D eigenvalue weighted by Gasteiger charge is -2.25. The minimum atomic E-state index is -1.42. The van der Waals surface area contributed by atoms with Crippen molar-refractivity contribution in [2.75, 3.05) is 13.1 Å². The minimum absolute atomic E-state index is 0.0319. The number of aromatic hydroxyl groups is 1. The summed E-state index contributed by atoms with van der Waals surface area (Å²) < 4.78 is 16.4. The van der Waals surface area contributed by atoms with Crippen molar-refractivity contribution in [3.8, 4) is 5.75 Å².